The summed E-state index contributed by atoms with van der Waals surface area (Å²) in [6.07, 6.45) is 0. The predicted molar refractivity (Wildman–Crippen MR) is 95.3 cm³/mol. The molecule has 0 amide bonds. The Morgan fingerprint density at radius 3 is 1.77 bits per heavy atom. The van der Waals surface area contributed by atoms with Gasteiger partial charge < -0.3 is 4.90 Å². The Morgan fingerprint density at radius 1 is 0.545 bits per heavy atom. The Labute approximate surface area is 132 Å². The van der Waals surface area contributed by atoms with Crippen LogP contribution in [-0.4, -0.2) is 0 Å². The Kier molecular flexibility index (Phi) is 3.97. The molecule has 0 spiro atoms. The van der Waals surface area contributed by atoms with Gasteiger partial charge in [-0.1, -0.05) is 42.0 Å². The summed E-state index contributed by atoms with van der Waals surface area (Å²) in [6.45, 7) is 6.43. The number of anilines is 3. The second-order valence-electron chi connectivity index (χ2n) is 5.78. The van der Waals surface area contributed by atoms with E-state index in [9.17, 15) is 0 Å². The predicted octanol–water partition coefficient (Wildman–Crippen LogP) is 6.08. The highest BCUT2D eigenvalue weighted by molar-refractivity contribution is 5.76. The molecule has 0 atom stereocenters. The topological polar surface area (TPSA) is 3.24 Å². The van der Waals surface area contributed by atoms with Crippen molar-refractivity contribution in [1.82, 2.24) is 0 Å². The number of rotatable bonds is 3. The molecule has 0 aliphatic rings. The van der Waals surface area contributed by atoms with Crippen molar-refractivity contribution >= 4 is 17.1 Å². The number of nitrogens with zero attached hydrogens (tertiary/aromatic N) is 1. The van der Waals surface area contributed by atoms with Crippen LogP contribution in [0.15, 0.2) is 72.8 Å². The molecule has 1 heteroatoms. The maximum Gasteiger partial charge on any atom is 0.0464 e. The monoisotopic (exact) mass is 287 g/mol. The lowest BCUT2D eigenvalue weighted by Crippen LogP contribution is -2.10. The molecule has 0 bridgehead atoms. The molecule has 3 rings (SSSR count). The fourth-order valence-corrected chi connectivity index (χ4v) is 2.58. The molecule has 0 fully saturated rings. The highest BCUT2D eigenvalue weighted by atomic mass is 15.1. The van der Waals surface area contributed by atoms with Gasteiger partial charge in [0.15, 0.2) is 0 Å². The summed E-state index contributed by atoms with van der Waals surface area (Å²) in [7, 11) is 0. The van der Waals surface area contributed by atoms with Crippen LogP contribution in [0.4, 0.5) is 17.1 Å². The van der Waals surface area contributed by atoms with Crippen LogP contribution in [0, 0.1) is 20.8 Å². The van der Waals surface area contributed by atoms with Gasteiger partial charge in [0.05, 0.1) is 0 Å². The van der Waals surface area contributed by atoms with Gasteiger partial charge in [-0.2, -0.15) is 0 Å². The Morgan fingerprint density at radius 2 is 1.14 bits per heavy atom. The van der Waals surface area contributed by atoms with Crippen molar-refractivity contribution < 1.29 is 0 Å². The van der Waals surface area contributed by atoms with E-state index in [1.165, 1.54) is 33.8 Å². The third-order valence-electron chi connectivity index (χ3n) is 4.06. The summed E-state index contributed by atoms with van der Waals surface area (Å²) in [6, 6.07) is 25.8. The summed E-state index contributed by atoms with van der Waals surface area (Å²) in [5, 5.41) is 0. The molecule has 22 heavy (non-hydrogen) atoms. The van der Waals surface area contributed by atoms with Crippen LogP contribution in [-0.2, 0) is 0 Å². The molecule has 0 radical (unpaired) electrons. The standard InChI is InChI=1S/C21H21N/c1-16-9-12-20(13-10-16)22(19-7-5-4-6-8-19)21-14-11-17(2)18(3)15-21/h4-15H,1-3H3. The van der Waals surface area contributed by atoms with E-state index in [0.29, 0.717) is 0 Å². The molecule has 3 aromatic rings. The number of aryl methyl sites for hydroxylation is 3. The number of benzene rings is 3. The minimum Gasteiger partial charge on any atom is -0.310 e. The lowest BCUT2D eigenvalue weighted by molar-refractivity contribution is 1.25. The largest absolute Gasteiger partial charge is 0.310 e. The molecular weight excluding hydrogens is 266 g/mol. The molecular formula is C21H21N. The molecule has 3 aromatic carbocycles. The normalized spacial score (nSPS) is 10.5. The third-order valence-corrected chi connectivity index (χ3v) is 4.06. The third kappa shape index (κ3) is 2.89. The Bertz CT molecular complexity index is 758. The van der Waals surface area contributed by atoms with E-state index in [-0.39, 0.29) is 0 Å². The number of hydrogen-bond acceptors (Lipinski definition) is 1. The zero-order valence-electron chi connectivity index (χ0n) is 13.4. The fraction of sp³-hybridized carbons (Fsp3) is 0.143. The van der Waals surface area contributed by atoms with Gasteiger partial charge in [0.2, 0.25) is 0 Å². The Hall–Kier alpha value is -2.54. The van der Waals surface area contributed by atoms with E-state index in [1.807, 2.05) is 0 Å². The van der Waals surface area contributed by atoms with Crippen LogP contribution in [0.25, 0.3) is 0 Å². The molecule has 0 saturated heterocycles. The lowest BCUT2D eigenvalue weighted by atomic mass is 10.1. The van der Waals surface area contributed by atoms with Gasteiger partial charge in [-0.15, -0.1) is 0 Å². The molecule has 0 aromatic heterocycles. The van der Waals surface area contributed by atoms with Crippen molar-refractivity contribution in [2.45, 2.75) is 20.8 Å². The van der Waals surface area contributed by atoms with Crippen molar-refractivity contribution in [2.75, 3.05) is 4.90 Å². The minimum atomic E-state index is 1.18. The van der Waals surface area contributed by atoms with E-state index in [4.69, 9.17) is 0 Å². The maximum atomic E-state index is 2.30. The van der Waals surface area contributed by atoms with Crippen molar-refractivity contribution in [2.24, 2.45) is 0 Å². The van der Waals surface area contributed by atoms with E-state index in [1.54, 1.807) is 0 Å². The van der Waals surface area contributed by atoms with Gasteiger partial charge in [-0.3, -0.25) is 0 Å². The first kappa shape index (κ1) is 14.4. The van der Waals surface area contributed by atoms with E-state index >= 15 is 0 Å². The van der Waals surface area contributed by atoms with Crippen LogP contribution >= 0.6 is 0 Å². The molecule has 0 N–H and O–H groups in total. The molecule has 0 aliphatic heterocycles. The van der Waals surface area contributed by atoms with Gasteiger partial charge in [0.25, 0.3) is 0 Å². The number of para-hydroxylation sites is 1. The van der Waals surface area contributed by atoms with Crippen molar-refractivity contribution in [3.05, 3.63) is 89.5 Å². The van der Waals surface area contributed by atoms with Crippen LogP contribution in [0.1, 0.15) is 16.7 Å². The minimum absolute atomic E-state index is 1.18. The van der Waals surface area contributed by atoms with Crippen molar-refractivity contribution in [3.63, 3.8) is 0 Å². The van der Waals surface area contributed by atoms with Crippen LogP contribution in [0.5, 0.6) is 0 Å². The average molecular weight is 287 g/mol. The van der Waals surface area contributed by atoms with Gasteiger partial charge in [0, 0.05) is 17.1 Å². The van der Waals surface area contributed by atoms with Gasteiger partial charge in [-0.25, -0.2) is 0 Å². The lowest BCUT2D eigenvalue weighted by Gasteiger charge is -2.26. The summed E-state index contributed by atoms with van der Waals surface area (Å²) in [5.41, 5.74) is 7.45. The van der Waals surface area contributed by atoms with Gasteiger partial charge in [0.1, 0.15) is 0 Å². The molecule has 110 valence electrons. The van der Waals surface area contributed by atoms with E-state index in [0.717, 1.165) is 0 Å². The van der Waals surface area contributed by atoms with Crippen LogP contribution in [0.3, 0.4) is 0 Å². The summed E-state index contributed by atoms with van der Waals surface area (Å²) >= 11 is 0. The van der Waals surface area contributed by atoms with Crippen molar-refractivity contribution in [3.8, 4) is 0 Å². The Balaban J connectivity index is 2.14. The highest BCUT2D eigenvalue weighted by Gasteiger charge is 2.12. The van der Waals surface area contributed by atoms with Gasteiger partial charge >= 0.3 is 0 Å². The summed E-state index contributed by atoms with van der Waals surface area (Å²) in [4.78, 5) is 2.30. The maximum absolute atomic E-state index is 2.30. The summed E-state index contributed by atoms with van der Waals surface area (Å²) < 4.78 is 0. The second kappa shape index (κ2) is 6.07. The summed E-state index contributed by atoms with van der Waals surface area (Å²) in [5.74, 6) is 0. The van der Waals surface area contributed by atoms with E-state index < -0.39 is 0 Å². The van der Waals surface area contributed by atoms with Gasteiger partial charge in [-0.05, 0) is 68.3 Å². The smallest absolute Gasteiger partial charge is 0.0464 e. The molecule has 0 heterocycles. The van der Waals surface area contributed by atoms with Crippen LogP contribution in [0.2, 0.25) is 0 Å². The first-order valence-electron chi connectivity index (χ1n) is 7.64. The quantitative estimate of drug-likeness (QED) is 0.564. The molecule has 0 saturated carbocycles. The molecule has 0 aliphatic carbocycles. The van der Waals surface area contributed by atoms with Crippen LogP contribution < -0.4 is 4.90 Å². The zero-order valence-corrected chi connectivity index (χ0v) is 13.4. The van der Waals surface area contributed by atoms with E-state index in [2.05, 4.69) is 98.5 Å². The zero-order chi connectivity index (χ0) is 15.5. The highest BCUT2D eigenvalue weighted by Crippen LogP contribution is 2.35. The number of hydrogen-bond donors (Lipinski definition) is 0. The second-order valence-corrected chi connectivity index (χ2v) is 5.78. The fourth-order valence-electron chi connectivity index (χ4n) is 2.58. The van der Waals surface area contributed by atoms with Crippen molar-refractivity contribution in [1.29, 1.82) is 0 Å². The molecule has 1 nitrogen and oxygen atoms in total. The molecule has 0 unspecified atom stereocenters. The SMILES string of the molecule is Cc1ccc(N(c2ccccc2)c2ccc(C)c(C)c2)cc1. The first-order valence-corrected chi connectivity index (χ1v) is 7.64. The first-order chi connectivity index (χ1) is 10.6. The average Bonchev–Trinajstić information content (AvgIpc) is 2.54.